The van der Waals surface area contributed by atoms with Crippen molar-refractivity contribution < 1.29 is 24.0 Å². The summed E-state index contributed by atoms with van der Waals surface area (Å²) >= 11 is 0. The van der Waals surface area contributed by atoms with E-state index >= 15 is 0 Å². The second-order valence-electron chi connectivity index (χ2n) is 13.4. The fraction of sp³-hybridized carbons (Fsp3) is 0.541. The fourth-order valence-corrected chi connectivity index (χ4v) is 6.02. The van der Waals surface area contributed by atoms with Crippen LogP contribution in [0.15, 0.2) is 60.7 Å². The van der Waals surface area contributed by atoms with E-state index in [9.17, 15) is 24.0 Å². The second kappa shape index (κ2) is 20.9. The predicted octanol–water partition coefficient (Wildman–Crippen LogP) is 1.35. The number of likely N-dealkylation sites (tertiary alicyclic amines) is 1. The molecule has 13 heteroatoms. The number of hydrogen-bond donors (Lipinski definition) is 7. The monoisotopic (exact) mass is 692 g/mol. The molecule has 0 aliphatic carbocycles. The van der Waals surface area contributed by atoms with Crippen LogP contribution in [-0.2, 0) is 32.0 Å². The summed E-state index contributed by atoms with van der Waals surface area (Å²) in [5.74, 6) is -1.64. The lowest BCUT2D eigenvalue weighted by molar-refractivity contribution is -0.138. The largest absolute Gasteiger partial charge is 0.343 e. The van der Waals surface area contributed by atoms with E-state index in [0.29, 0.717) is 64.6 Å². The van der Waals surface area contributed by atoms with Crippen molar-refractivity contribution in [3.63, 3.8) is 0 Å². The van der Waals surface area contributed by atoms with Crippen molar-refractivity contribution in [3.8, 4) is 0 Å². The molecule has 3 rings (SSSR count). The third-order valence-electron chi connectivity index (χ3n) is 8.82. The Morgan fingerprint density at radius 2 is 1.30 bits per heavy atom. The van der Waals surface area contributed by atoms with Gasteiger partial charge in [-0.25, -0.2) is 4.79 Å². The number of amides is 6. The van der Waals surface area contributed by atoms with E-state index in [0.717, 1.165) is 11.1 Å². The van der Waals surface area contributed by atoms with E-state index in [-0.39, 0.29) is 30.3 Å². The number of rotatable bonds is 18. The Labute approximate surface area is 296 Å². The number of nitrogens with two attached hydrogens (primary N) is 2. The highest BCUT2D eigenvalue weighted by atomic mass is 16.2. The summed E-state index contributed by atoms with van der Waals surface area (Å²) < 4.78 is 0. The third-order valence-corrected chi connectivity index (χ3v) is 8.82. The summed E-state index contributed by atoms with van der Waals surface area (Å²) in [4.78, 5) is 68.3. The molecule has 9 N–H and O–H groups in total. The molecule has 0 radical (unpaired) electrons. The first-order valence-corrected chi connectivity index (χ1v) is 17.7. The highest BCUT2D eigenvalue weighted by Crippen LogP contribution is 2.15. The van der Waals surface area contributed by atoms with Crippen LogP contribution in [0.2, 0.25) is 0 Å². The molecule has 0 bridgehead atoms. The molecule has 1 fully saturated rings. The zero-order valence-corrected chi connectivity index (χ0v) is 29.7. The topological polar surface area (TPSA) is 201 Å². The predicted molar refractivity (Wildman–Crippen MR) is 194 cm³/mol. The normalized spacial score (nSPS) is 15.7. The summed E-state index contributed by atoms with van der Waals surface area (Å²) in [6.07, 6.45) is 3.72. The average Bonchev–Trinajstić information content (AvgIpc) is 3.11. The minimum Gasteiger partial charge on any atom is -0.343 e. The molecule has 0 aromatic heterocycles. The molecule has 13 nitrogen and oxygen atoms in total. The van der Waals surface area contributed by atoms with E-state index in [1.807, 2.05) is 74.5 Å². The molecule has 0 saturated carbocycles. The van der Waals surface area contributed by atoms with Gasteiger partial charge >= 0.3 is 6.03 Å². The van der Waals surface area contributed by atoms with E-state index in [1.165, 1.54) is 0 Å². The van der Waals surface area contributed by atoms with Gasteiger partial charge in [0.15, 0.2) is 0 Å². The number of unbranched alkanes of at least 4 members (excludes halogenated alkanes) is 1. The minimum atomic E-state index is -0.999. The van der Waals surface area contributed by atoms with Crippen molar-refractivity contribution in [2.75, 3.05) is 26.7 Å². The molecule has 1 aliphatic heterocycles. The van der Waals surface area contributed by atoms with Gasteiger partial charge in [0.25, 0.3) is 0 Å². The van der Waals surface area contributed by atoms with E-state index in [4.69, 9.17) is 11.5 Å². The van der Waals surface area contributed by atoms with Gasteiger partial charge in [0.2, 0.25) is 23.6 Å². The first kappa shape index (κ1) is 39.9. The Hall–Kier alpha value is -4.49. The Morgan fingerprint density at radius 3 is 1.86 bits per heavy atom. The molecule has 274 valence electrons. The van der Waals surface area contributed by atoms with Gasteiger partial charge in [-0.2, -0.15) is 0 Å². The van der Waals surface area contributed by atoms with Gasteiger partial charge in [-0.15, -0.1) is 0 Å². The molecule has 1 aliphatic rings. The summed E-state index contributed by atoms with van der Waals surface area (Å²) in [5, 5.41) is 14.1. The quantitative estimate of drug-likeness (QED) is 0.114. The van der Waals surface area contributed by atoms with Gasteiger partial charge in [0.05, 0.1) is 6.04 Å². The number of urea groups is 1. The highest BCUT2D eigenvalue weighted by Gasteiger charge is 2.33. The standard InChI is InChI=1S/C37H56N8O5/c1-25(2)22-31(34(47)42-30(16-10-11-19-38)36(49)45-20-17-28(18-21-45)41-37(50)40-3)44-35(48)32(24-27-14-8-5-9-15-27)43-33(46)29(39)23-26-12-6-4-7-13-26/h4-9,12-15,25,28-32H,10-11,16-24,38-39H2,1-3H3,(H,42,47)(H,43,46)(H,44,48)(H2,40,41,50)/t29-,30?,31-,32-/m1/s1. The van der Waals surface area contributed by atoms with Gasteiger partial charge in [0, 0.05) is 32.6 Å². The SMILES string of the molecule is CNC(=O)NC1CCN(C(=O)C(CCCCN)NC(=O)[C@@H](CC(C)C)NC(=O)[C@@H](Cc2ccccc2)NC(=O)[C@H](N)Cc2ccccc2)CC1. The first-order chi connectivity index (χ1) is 24.0. The first-order valence-electron chi connectivity index (χ1n) is 17.7. The molecule has 2 aromatic carbocycles. The van der Waals surface area contributed by atoms with Crippen LogP contribution in [0.3, 0.4) is 0 Å². The molecular weight excluding hydrogens is 636 g/mol. The number of benzene rings is 2. The Balaban J connectivity index is 1.74. The number of piperidine rings is 1. The molecule has 0 spiro atoms. The summed E-state index contributed by atoms with van der Waals surface area (Å²) in [5.41, 5.74) is 13.7. The number of hydrogen-bond acceptors (Lipinski definition) is 7. The van der Waals surface area contributed by atoms with Crippen molar-refractivity contribution in [1.29, 1.82) is 0 Å². The van der Waals surface area contributed by atoms with Crippen LogP contribution < -0.4 is 38.1 Å². The number of nitrogens with zero attached hydrogens (tertiary/aromatic N) is 1. The number of carbonyl (C=O) groups is 5. The lowest BCUT2D eigenvalue weighted by Crippen LogP contribution is -2.59. The molecular formula is C37H56N8O5. The van der Waals surface area contributed by atoms with Crippen molar-refractivity contribution in [1.82, 2.24) is 31.5 Å². The molecule has 1 unspecified atom stereocenters. The molecule has 4 atom stereocenters. The maximum absolute atomic E-state index is 13.9. The van der Waals surface area contributed by atoms with E-state index in [1.54, 1.807) is 11.9 Å². The molecule has 6 amide bonds. The maximum Gasteiger partial charge on any atom is 0.314 e. The van der Waals surface area contributed by atoms with E-state index < -0.39 is 41.9 Å². The van der Waals surface area contributed by atoms with Gasteiger partial charge in [-0.3, -0.25) is 19.2 Å². The zero-order chi connectivity index (χ0) is 36.5. The number of carbonyl (C=O) groups excluding carboxylic acids is 5. The third kappa shape index (κ3) is 13.4. The van der Waals surface area contributed by atoms with Crippen molar-refractivity contribution in [2.45, 2.75) is 95.4 Å². The van der Waals surface area contributed by atoms with Crippen LogP contribution in [-0.4, -0.2) is 91.5 Å². The summed E-state index contributed by atoms with van der Waals surface area (Å²) in [7, 11) is 1.56. The van der Waals surface area contributed by atoms with Crippen LogP contribution in [0.5, 0.6) is 0 Å². The van der Waals surface area contributed by atoms with Crippen molar-refractivity contribution >= 4 is 29.7 Å². The maximum atomic E-state index is 13.9. The molecule has 1 saturated heterocycles. The zero-order valence-electron chi connectivity index (χ0n) is 29.7. The van der Waals surface area contributed by atoms with Gasteiger partial charge in [0.1, 0.15) is 18.1 Å². The van der Waals surface area contributed by atoms with Crippen LogP contribution >= 0.6 is 0 Å². The Kier molecular flexibility index (Phi) is 16.7. The lowest BCUT2D eigenvalue weighted by Gasteiger charge is -2.35. The van der Waals surface area contributed by atoms with E-state index in [2.05, 4.69) is 26.6 Å². The lowest BCUT2D eigenvalue weighted by atomic mass is 9.99. The van der Waals surface area contributed by atoms with Crippen LogP contribution in [0.1, 0.15) is 63.5 Å². The Bertz CT molecular complexity index is 1370. The van der Waals surface area contributed by atoms with Gasteiger partial charge < -0.3 is 43.0 Å². The van der Waals surface area contributed by atoms with Crippen LogP contribution in [0, 0.1) is 5.92 Å². The average molecular weight is 693 g/mol. The second-order valence-corrected chi connectivity index (χ2v) is 13.4. The number of nitrogens with one attached hydrogen (secondary N) is 5. The highest BCUT2D eigenvalue weighted by molar-refractivity contribution is 5.95. The molecule has 50 heavy (non-hydrogen) atoms. The van der Waals surface area contributed by atoms with Gasteiger partial charge in [-0.05, 0) is 68.5 Å². The Morgan fingerprint density at radius 1 is 0.760 bits per heavy atom. The van der Waals surface area contributed by atoms with Crippen LogP contribution in [0.25, 0.3) is 0 Å². The summed E-state index contributed by atoms with van der Waals surface area (Å²) in [6.45, 7) is 5.23. The fourth-order valence-electron chi connectivity index (χ4n) is 6.02. The van der Waals surface area contributed by atoms with Crippen molar-refractivity contribution in [3.05, 3.63) is 71.8 Å². The molecule has 1 heterocycles. The minimum absolute atomic E-state index is 0.0331. The van der Waals surface area contributed by atoms with Crippen LogP contribution in [0.4, 0.5) is 4.79 Å². The van der Waals surface area contributed by atoms with Gasteiger partial charge in [-0.1, -0.05) is 74.5 Å². The summed E-state index contributed by atoms with van der Waals surface area (Å²) in [6, 6.07) is 14.7. The molecule has 2 aromatic rings. The van der Waals surface area contributed by atoms with Crippen molar-refractivity contribution in [2.24, 2.45) is 17.4 Å². The smallest absolute Gasteiger partial charge is 0.314 e.